The van der Waals surface area contributed by atoms with E-state index < -0.39 is 0 Å². The highest BCUT2D eigenvalue weighted by Crippen LogP contribution is 2.29. The van der Waals surface area contributed by atoms with Crippen LogP contribution in [0.3, 0.4) is 0 Å². The molecule has 1 unspecified atom stereocenters. The summed E-state index contributed by atoms with van der Waals surface area (Å²) in [5.41, 5.74) is 10.5. The molecule has 5 rings (SSSR count). The van der Waals surface area contributed by atoms with Crippen LogP contribution >= 0.6 is 0 Å². The molecule has 0 amide bonds. The van der Waals surface area contributed by atoms with E-state index in [1.165, 1.54) is 12.8 Å². The van der Waals surface area contributed by atoms with Gasteiger partial charge in [-0.3, -0.25) is 4.79 Å². The second-order valence-electron chi connectivity index (χ2n) is 8.17. The van der Waals surface area contributed by atoms with Gasteiger partial charge in [0.2, 0.25) is 0 Å². The number of imidazole rings is 1. The summed E-state index contributed by atoms with van der Waals surface area (Å²) in [5.74, 6) is 1.15. The van der Waals surface area contributed by atoms with E-state index >= 15 is 0 Å². The van der Waals surface area contributed by atoms with Crippen molar-refractivity contribution in [1.82, 2.24) is 20.3 Å². The lowest BCUT2D eigenvalue weighted by atomic mass is 9.99. The van der Waals surface area contributed by atoms with Gasteiger partial charge < -0.3 is 25.9 Å². The van der Waals surface area contributed by atoms with Gasteiger partial charge in [0.15, 0.2) is 0 Å². The Morgan fingerprint density at radius 2 is 2.03 bits per heavy atom. The van der Waals surface area contributed by atoms with Crippen molar-refractivity contribution in [3.05, 3.63) is 52.8 Å². The van der Waals surface area contributed by atoms with Crippen LogP contribution in [-0.2, 0) is 0 Å². The van der Waals surface area contributed by atoms with Gasteiger partial charge in [-0.25, -0.2) is 4.98 Å². The van der Waals surface area contributed by atoms with Crippen LogP contribution in [-0.4, -0.2) is 41.6 Å². The minimum Gasteiger partial charge on any atom is -0.397 e. The highest BCUT2D eigenvalue weighted by molar-refractivity contribution is 5.97. The van der Waals surface area contributed by atoms with E-state index in [9.17, 15) is 4.79 Å². The van der Waals surface area contributed by atoms with Crippen LogP contribution in [0.4, 0.5) is 11.4 Å². The summed E-state index contributed by atoms with van der Waals surface area (Å²) in [4.78, 5) is 25.9. The Hall–Kier alpha value is -3.32. The van der Waals surface area contributed by atoms with Crippen LogP contribution in [0.15, 0.2) is 47.3 Å². The molecule has 1 fully saturated rings. The number of hydrogen-bond acceptors (Lipinski definition) is 5. The number of anilines is 2. The molecule has 0 saturated carbocycles. The lowest BCUT2D eigenvalue weighted by Gasteiger charge is -2.28. The molecule has 4 aromatic rings. The van der Waals surface area contributed by atoms with Crippen LogP contribution in [0.2, 0.25) is 0 Å². The van der Waals surface area contributed by atoms with Crippen molar-refractivity contribution in [2.45, 2.75) is 12.8 Å². The summed E-state index contributed by atoms with van der Waals surface area (Å²) in [5, 5.41) is 4.29. The van der Waals surface area contributed by atoms with Crippen LogP contribution in [0, 0.1) is 5.92 Å². The van der Waals surface area contributed by atoms with Crippen molar-refractivity contribution in [2.24, 2.45) is 5.92 Å². The van der Waals surface area contributed by atoms with Gasteiger partial charge >= 0.3 is 0 Å². The van der Waals surface area contributed by atoms with Crippen molar-refractivity contribution in [3.63, 3.8) is 0 Å². The van der Waals surface area contributed by atoms with Crippen molar-refractivity contribution < 1.29 is 0 Å². The second-order valence-corrected chi connectivity index (χ2v) is 8.17. The molecule has 0 radical (unpaired) electrons. The molecular weight excluding hydrogens is 376 g/mol. The quantitative estimate of drug-likeness (QED) is 0.420. The predicted molar refractivity (Wildman–Crippen MR) is 123 cm³/mol. The topological polar surface area (TPSA) is 103 Å². The first-order valence-electron chi connectivity index (χ1n) is 10.4. The first-order chi connectivity index (χ1) is 14.6. The van der Waals surface area contributed by atoms with E-state index in [1.807, 2.05) is 30.3 Å². The molecule has 30 heavy (non-hydrogen) atoms. The normalized spacial score (nSPS) is 16.9. The van der Waals surface area contributed by atoms with Crippen molar-refractivity contribution in [1.29, 1.82) is 0 Å². The summed E-state index contributed by atoms with van der Waals surface area (Å²) < 4.78 is 0. The fourth-order valence-electron chi connectivity index (χ4n) is 4.43. The third kappa shape index (κ3) is 3.31. The minimum absolute atomic E-state index is 0.243. The molecule has 7 nitrogen and oxygen atoms in total. The fourth-order valence-corrected chi connectivity index (χ4v) is 4.43. The van der Waals surface area contributed by atoms with Crippen molar-refractivity contribution >= 4 is 33.3 Å². The Labute approximate surface area is 174 Å². The van der Waals surface area contributed by atoms with Gasteiger partial charge in [0, 0.05) is 24.7 Å². The maximum Gasteiger partial charge on any atom is 0.261 e. The van der Waals surface area contributed by atoms with Gasteiger partial charge in [-0.1, -0.05) is 18.2 Å². The number of piperidine rings is 1. The average Bonchev–Trinajstić information content (AvgIpc) is 3.17. The molecule has 154 valence electrons. The van der Waals surface area contributed by atoms with E-state index in [1.54, 1.807) is 0 Å². The molecule has 0 bridgehead atoms. The zero-order chi connectivity index (χ0) is 20.7. The van der Waals surface area contributed by atoms with E-state index in [0.29, 0.717) is 23.0 Å². The number of pyridine rings is 1. The molecule has 0 aliphatic carbocycles. The van der Waals surface area contributed by atoms with Gasteiger partial charge in [-0.05, 0) is 56.1 Å². The van der Waals surface area contributed by atoms with Gasteiger partial charge in [-0.15, -0.1) is 0 Å². The Kier molecular flexibility index (Phi) is 4.67. The number of nitrogens with two attached hydrogens (primary N) is 1. The van der Waals surface area contributed by atoms with Gasteiger partial charge in [0.05, 0.1) is 22.2 Å². The molecule has 1 aliphatic rings. The number of nitrogens with zero attached hydrogens (tertiary/aromatic N) is 2. The largest absolute Gasteiger partial charge is 0.397 e. The van der Waals surface area contributed by atoms with E-state index in [2.05, 4.69) is 44.3 Å². The summed E-state index contributed by atoms with van der Waals surface area (Å²) in [6, 6.07) is 13.7. The smallest absolute Gasteiger partial charge is 0.261 e. The monoisotopic (exact) mass is 402 g/mol. The minimum atomic E-state index is -0.243. The third-order valence-electron chi connectivity index (χ3n) is 6.04. The summed E-state index contributed by atoms with van der Waals surface area (Å²) in [6.45, 7) is 3.21. The SMILES string of the molecule is CN(CC1CCCNC1)c1ccc2nc(-c3c(N)c4ccccc4[nH]c3=O)[nH]c2c1. The zero-order valence-electron chi connectivity index (χ0n) is 17.0. The number of para-hydroxylation sites is 1. The lowest BCUT2D eigenvalue weighted by molar-refractivity contribution is 0.381. The van der Waals surface area contributed by atoms with Crippen LogP contribution < -0.4 is 21.5 Å². The fraction of sp³-hybridized carbons (Fsp3) is 0.304. The maximum absolute atomic E-state index is 12.7. The molecule has 7 heteroatoms. The highest BCUT2D eigenvalue weighted by atomic mass is 16.1. The summed E-state index contributed by atoms with van der Waals surface area (Å²) in [6.07, 6.45) is 2.50. The molecule has 3 heterocycles. The van der Waals surface area contributed by atoms with Gasteiger partial charge in [-0.2, -0.15) is 0 Å². The van der Waals surface area contributed by atoms with E-state index in [-0.39, 0.29) is 5.56 Å². The molecule has 1 aliphatic heterocycles. The Balaban J connectivity index is 1.50. The number of nitrogens with one attached hydrogen (secondary N) is 3. The van der Waals surface area contributed by atoms with E-state index in [4.69, 9.17) is 5.73 Å². The van der Waals surface area contributed by atoms with Crippen LogP contribution in [0.25, 0.3) is 33.3 Å². The molecular formula is C23H26N6O. The first kappa shape index (κ1) is 18.7. The Morgan fingerprint density at radius 3 is 2.87 bits per heavy atom. The van der Waals surface area contributed by atoms with Gasteiger partial charge in [0.1, 0.15) is 11.4 Å². The average molecular weight is 403 g/mol. The predicted octanol–water partition coefficient (Wildman–Crippen LogP) is 3.09. The van der Waals surface area contributed by atoms with E-state index in [0.717, 1.165) is 47.3 Å². The number of benzene rings is 2. The summed E-state index contributed by atoms with van der Waals surface area (Å²) >= 11 is 0. The molecule has 2 aromatic carbocycles. The van der Waals surface area contributed by atoms with Gasteiger partial charge in [0.25, 0.3) is 5.56 Å². The van der Waals surface area contributed by atoms with Crippen molar-refractivity contribution in [3.8, 4) is 11.4 Å². The number of rotatable bonds is 4. The Bertz CT molecular complexity index is 1270. The second kappa shape index (κ2) is 7.50. The first-order valence-corrected chi connectivity index (χ1v) is 10.4. The molecule has 1 atom stereocenters. The summed E-state index contributed by atoms with van der Waals surface area (Å²) in [7, 11) is 2.12. The number of H-pyrrole nitrogens is 2. The number of fused-ring (bicyclic) bond motifs is 2. The van der Waals surface area contributed by atoms with Crippen LogP contribution in [0.5, 0.6) is 0 Å². The molecule has 2 aromatic heterocycles. The number of aromatic nitrogens is 3. The maximum atomic E-state index is 12.7. The lowest BCUT2D eigenvalue weighted by Crippen LogP contribution is -2.36. The number of aromatic amines is 2. The molecule has 5 N–H and O–H groups in total. The number of nitrogen functional groups attached to an aromatic ring is 1. The highest BCUT2D eigenvalue weighted by Gasteiger charge is 2.18. The number of hydrogen-bond donors (Lipinski definition) is 4. The molecule has 1 saturated heterocycles. The Morgan fingerprint density at radius 1 is 1.17 bits per heavy atom. The third-order valence-corrected chi connectivity index (χ3v) is 6.04. The molecule has 0 spiro atoms. The zero-order valence-corrected chi connectivity index (χ0v) is 17.0. The van der Waals surface area contributed by atoms with Crippen LogP contribution in [0.1, 0.15) is 12.8 Å². The standard InChI is InChI=1S/C23H26N6O/c1-29(13-14-5-4-10-25-12-14)15-8-9-18-19(11-15)27-22(26-18)20-21(24)16-6-2-3-7-17(16)28-23(20)30/h2-3,6-9,11,14,25H,4-5,10,12-13H2,1H3,(H,26,27)(H3,24,28,30). The van der Waals surface area contributed by atoms with Crippen molar-refractivity contribution in [2.75, 3.05) is 37.3 Å².